The highest BCUT2D eigenvalue weighted by Gasteiger charge is 2.08. The topological polar surface area (TPSA) is 32.3 Å². The second kappa shape index (κ2) is 5.80. The molecule has 0 fully saturated rings. The van der Waals surface area contributed by atoms with Crippen LogP contribution in [0.15, 0.2) is 36.4 Å². The summed E-state index contributed by atoms with van der Waals surface area (Å²) in [5, 5.41) is 8.57. The average molecular weight is 256 g/mol. The van der Waals surface area contributed by atoms with Crippen LogP contribution in [0, 0.1) is 0 Å². The van der Waals surface area contributed by atoms with E-state index < -0.39 is 0 Å². The summed E-state index contributed by atoms with van der Waals surface area (Å²) < 4.78 is 0. The molecule has 0 aliphatic rings. The van der Waals surface area contributed by atoms with Gasteiger partial charge < -0.3 is 9.80 Å². The molecule has 2 aromatic rings. The summed E-state index contributed by atoms with van der Waals surface area (Å²) in [6.07, 6.45) is 0. The first kappa shape index (κ1) is 13.5. The van der Waals surface area contributed by atoms with Gasteiger partial charge in [0.05, 0.1) is 5.69 Å². The lowest BCUT2D eigenvalue weighted by Crippen LogP contribution is -2.12. The first-order valence-corrected chi connectivity index (χ1v) is 6.32. The molecule has 0 amide bonds. The van der Waals surface area contributed by atoms with Crippen molar-refractivity contribution in [3.63, 3.8) is 0 Å². The maximum Gasteiger partial charge on any atom is 0.150 e. The minimum Gasteiger partial charge on any atom is -0.361 e. The van der Waals surface area contributed by atoms with E-state index in [9.17, 15) is 0 Å². The highest BCUT2D eigenvalue weighted by molar-refractivity contribution is 5.64. The normalized spacial score (nSPS) is 10.8. The number of benzene rings is 1. The monoisotopic (exact) mass is 256 g/mol. The predicted molar refractivity (Wildman–Crippen MR) is 79.2 cm³/mol. The summed E-state index contributed by atoms with van der Waals surface area (Å²) in [5.74, 6) is 0.869. The minimum atomic E-state index is 0.869. The molecule has 0 saturated carbocycles. The molecule has 1 heterocycles. The molecule has 1 aromatic heterocycles. The standard InChI is InChI=1S/C15H20N4/c1-18(2)11-12-7-5-6-8-13(12)14-9-10-15(17-16-14)19(3)4/h5-10H,11H2,1-4H3. The Morgan fingerprint density at radius 1 is 0.895 bits per heavy atom. The smallest absolute Gasteiger partial charge is 0.150 e. The van der Waals surface area contributed by atoms with E-state index in [4.69, 9.17) is 0 Å². The lowest BCUT2D eigenvalue weighted by Gasteiger charge is -2.14. The van der Waals surface area contributed by atoms with Crippen molar-refractivity contribution in [3.8, 4) is 11.3 Å². The predicted octanol–water partition coefficient (Wildman–Crippen LogP) is 2.27. The summed E-state index contributed by atoms with van der Waals surface area (Å²) in [6, 6.07) is 12.3. The van der Waals surface area contributed by atoms with Gasteiger partial charge in [0.15, 0.2) is 5.82 Å². The first-order valence-electron chi connectivity index (χ1n) is 6.32. The van der Waals surface area contributed by atoms with E-state index in [1.165, 1.54) is 5.56 Å². The Balaban J connectivity index is 2.35. The number of aromatic nitrogens is 2. The maximum absolute atomic E-state index is 4.33. The van der Waals surface area contributed by atoms with E-state index in [2.05, 4.69) is 47.4 Å². The molecule has 0 N–H and O–H groups in total. The Hall–Kier alpha value is -1.94. The summed E-state index contributed by atoms with van der Waals surface area (Å²) in [6.45, 7) is 0.896. The van der Waals surface area contributed by atoms with Crippen molar-refractivity contribution in [1.29, 1.82) is 0 Å². The van der Waals surface area contributed by atoms with Crippen molar-refractivity contribution in [2.75, 3.05) is 33.1 Å². The lowest BCUT2D eigenvalue weighted by atomic mass is 10.0. The molecule has 0 bridgehead atoms. The fraction of sp³-hybridized carbons (Fsp3) is 0.333. The first-order chi connectivity index (χ1) is 9.08. The van der Waals surface area contributed by atoms with Gasteiger partial charge in [-0.1, -0.05) is 24.3 Å². The van der Waals surface area contributed by atoms with Crippen LogP contribution in [-0.2, 0) is 6.54 Å². The molecule has 19 heavy (non-hydrogen) atoms. The van der Waals surface area contributed by atoms with Crippen LogP contribution in [0.1, 0.15) is 5.56 Å². The van der Waals surface area contributed by atoms with Crippen LogP contribution in [0.3, 0.4) is 0 Å². The van der Waals surface area contributed by atoms with E-state index >= 15 is 0 Å². The Kier molecular flexibility index (Phi) is 4.12. The molecular weight excluding hydrogens is 236 g/mol. The summed E-state index contributed by atoms with van der Waals surface area (Å²) in [7, 11) is 8.06. The third-order valence-corrected chi connectivity index (χ3v) is 2.89. The van der Waals surface area contributed by atoms with Gasteiger partial charge in [0.25, 0.3) is 0 Å². The van der Waals surface area contributed by atoms with Gasteiger partial charge in [0.2, 0.25) is 0 Å². The molecule has 0 atom stereocenters. The molecular formula is C15H20N4. The van der Waals surface area contributed by atoms with Crippen LogP contribution in [0.4, 0.5) is 5.82 Å². The molecule has 100 valence electrons. The molecule has 0 spiro atoms. The van der Waals surface area contributed by atoms with E-state index in [-0.39, 0.29) is 0 Å². The van der Waals surface area contributed by atoms with Gasteiger partial charge in [-0.15, -0.1) is 10.2 Å². The van der Waals surface area contributed by atoms with Crippen LogP contribution in [0.2, 0.25) is 0 Å². The quantitative estimate of drug-likeness (QED) is 0.840. The third-order valence-electron chi connectivity index (χ3n) is 2.89. The minimum absolute atomic E-state index is 0.869. The van der Waals surface area contributed by atoms with Gasteiger partial charge in [-0.25, -0.2) is 0 Å². The van der Waals surface area contributed by atoms with Crippen LogP contribution < -0.4 is 4.90 Å². The van der Waals surface area contributed by atoms with E-state index in [1.807, 2.05) is 37.2 Å². The molecule has 0 aliphatic heterocycles. The van der Waals surface area contributed by atoms with Crippen molar-refractivity contribution in [2.45, 2.75) is 6.54 Å². The second-order valence-corrected chi connectivity index (χ2v) is 5.07. The molecule has 0 aliphatic carbocycles. The molecule has 0 radical (unpaired) electrons. The molecule has 1 aromatic carbocycles. The number of hydrogen-bond donors (Lipinski definition) is 0. The number of nitrogens with zero attached hydrogens (tertiary/aromatic N) is 4. The number of hydrogen-bond acceptors (Lipinski definition) is 4. The van der Waals surface area contributed by atoms with E-state index in [0.29, 0.717) is 0 Å². The Morgan fingerprint density at radius 3 is 2.21 bits per heavy atom. The molecule has 0 unspecified atom stereocenters. The van der Waals surface area contributed by atoms with Gasteiger partial charge in [-0.2, -0.15) is 0 Å². The van der Waals surface area contributed by atoms with Crippen molar-refractivity contribution < 1.29 is 0 Å². The van der Waals surface area contributed by atoms with E-state index in [0.717, 1.165) is 23.6 Å². The van der Waals surface area contributed by atoms with Crippen molar-refractivity contribution in [3.05, 3.63) is 42.0 Å². The summed E-state index contributed by atoms with van der Waals surface area (Å²) in [4.78, 5) is 4.10. The van der Waals surface area contributed by atoms with Crippen LogP contribution >= 0.6 is 0 Å². The van der Waals surface area contributed by atoms with Gasteiger partial charge in [0, 0.05) is 26.2 Å². The zero-order valence-corrected chi connectivity index (χ0v) is 12.0. The fourth-order valence-corrected chi connectivity index (χ4v) is 1.96. The Labute approximate surface area is 114 Å². The van der Waals surface area contributed by atoms with Crippen molar-refractivity contribution >= 4 is 5.82 Å². The molecule has 2 rings (SSSR count). The highest BCUT2D eigenvalue weighted by Crippen LogP contribution is 2.23. The maximum atomic E-state index is 4.33. The number of rotatable bonds is 4. The highest BCUT2D eigenvalue weighted by atomic mass is 15.2. The van der Waals surface area contributed by atoms with Crippen LogP contribution in [-0.4, -0.2) is 43.3 Å². The average Bonchev–Trinajstić information content (AvgIpc) is 2.39. The van der Waals surface area contributed by atoms with Crippen LogP contribution in [0.25, 0.3) is 11.3 Å². The van der Waals surface area contributed by atoms with Crippen molar-refractivity contribution in [2.24, 2.45) is 0 Å². The molecule has 4 heteroatoms. The second-order valence-electron chi connectivity index (χ2n) is 5.07. The van der Waals surface area contributed by atoms with Crippen LogP contribution in [0.5, 0.6) is 0 Å². The molecule has 0 saturated heterocycles. The van der Waals surface area contributed by atoms with Crippen molar-refractivity contribution in [1.82, 2.24) is 15.1 Å². The summed E-state index contributed by atoms with van der Waals surface area (Å²) >= 11 is 0. The number of anilines is 1. The van der Waals surface area contributed by atoms with Gasteiger partial charge in [0.1, 0.15) is 0 Å². The lowest BCUT2D eigenvalue weighted by molar-refractivity contribution is 0.403. The summed E-state index contributed by atoms with van der Waals surface area (Å²) in [5.41, 5.74) is 3.33. The third kappa shape index (κ3) is 3.29. The largest absolute Gasteiger partial charge is 0.361 e. The van der Waals surface area contributed by atoms with Gasteiger partial charge >= 0.3 is 0 Å². The Morgan fingerprint density at radius 2 is 1.63 bits per heavy atom. The van der Waals surface area contributed by atoms with Gasteiger partial charge in [-0.05, 0) is 31.8 Å². The zero-order valence-electron chi connectivity index (χ0n) is 12.0. The SMILES string of the molecule is CN(C)Cc1ccccc1-c1ccc(N(C)C)nn1. The van der Waals surface area contributed by atoms with Gasteiger partial charge in [-0.3, -0.25) is 0 Å². The zero-order chi connectivity index (χ0) is 13.8. The Bertz CT molecular complexity index is 532. The van der Waals surface area contributed by atoms with E-state index in [1.54, 1.807) is 0 Å². The molecule has 4 nitrogen and oxygen atoms in total. The fourth-order valence-electron chi connectivity index (χ4n) is 1.96.